The molecule has 19 heavy (non-hydrogen) atoms. The van der Waals surface area contributed by atoms with Crippen LogP contribution in [0.3, 0.4) is 0 Å². The lowest BCUT2D eigenvalue weighted by molar-refractivity contribution is 0.0622. The largest absolute Gasteiger partial charge is 0.397 e. The van der Waals surface area contributed by atoms with Crippen LogP contribution in [0, 0.1) is 5.92 Å². The van der Waals surface area contributed by atoms with E-state index in [9.17, 15) is 0 Å². The Morgan fingerprint density at radius 3 is 2.79 bits per heavy atom. The van der Waals surface area contributed by atoms with Gasteiger partial charge in [0.05, 0.1) is 11.4 Å². The Morgan fingerprint density at radius 2 is 2.00 bits per heavy atom. The number of nitrogens with one attached hydrogen (secondary N) is 1. The van der Waals surface area contributed by atoms with Crippen molar-refractivity contribution in [1.29, 1.82) is 0 Å². The van der Waals surface area contributed by atoms with E-state index in [1.807, 2.05) is 12.1 Å². The fourth-order valence-electron chi connectivity index (χ4n) is 2.58. The molecule has 1 aromatic carbocycles. The van der Waals surface area contributed by atoms with Gasteiger partial charge in [-0.2, -0.15) is 0 Å². The van der Waals surface area contributed by atoms with E-state index < -0.39 is 0 Å². The molecule has 6 heteroatoms. The SMILES string of the molecule is CC(Nc1ccc(N)c2nonc12)C1CCOCC1. The summed E-state index contributed by atoms with van der Waals surface area (Å²) in [5.41, 5.74) is 8.65. The Kier molecular flexibility index (Phi) is 3.25. The number of nitrogens with two attached hydrogens (primary N) is 1. The Balaban J connectivity index is 1.81. The van der Waals surface area contributed by atoms with Crippen molar-refractivity contribution in [3.63, 3.8) is 0 Å². The first-order valence-electron chi connectivity index (χ1n) is 6.60. The summed E-state index contributed by atoms with van der Waals surface area (Å²) in [5, 5.41) is 11.2. The number of hydrogen-bond donors (Lipinski definition) is 2. The predicted octanol–water partition coefficient (Wildman–Crippen LogP) is 2.03. The van der Waals surface area contributed by atoms with Crippen LogP contribution in [-0.2, 0) is 4.74 Å². The smallest absolute Gasteiger partial charge is 0.160 e. The minimum atomic E-state index is 0.354. The lowest BCUT2D eigenvalue weighted by Gasteiger charge is -2.29. The van der Waals surface area contributed by atoms with Gasteiger partial charge in [0, 0.05) is 19.3 Å². The summed E-state index contributed by atoms with van der Waals surface area (Å²) in [6, 6.07) is 4.11. The number of anilines is 2. The van der Waals surface area contributed by atoms with E-state index in [0.29, 0.717) is 28.7 Å². The van der Waals surface area contributed by atoms with Crippen molar-refractivity contribution in [2.75, 3.05) is 24.3 Å². The zero-order chi connectivity index (χ0) is 13.2. The summed E-state index contributed by atoms with van der Waals surface area (Å²) < 4.78 is 10.2. The van der Waals surface area contributed by atoms with Gasteiger partial charge in [-0.15, -0.1) is 0 Å². The summed E-state index contributed by atoms with van der Waals surface area (Å²) in [5.74, 6) is 0.612. The van der Waals surface area contributed by atoms with E-state index >= 15 is 0 Å². The lowest BCUT2D eigenvalue weighted by atomic mass is 9.93. The van der Waals surface area contributed by atoms with Crippen molar-refractivity contribution in [3.8, 4) is 0 Å². The van der Waals surface area contributed by atoms with Crippen LogP contribution in [0.1, 0.15) is 19.8 Å². The van der Waals surface area contributed by atoms with Crippen LogP contribution >= 0.6 is 0 Å². The molecule has 0 radical (unpaired) electrons. The summed E-state index contributed by atoms with van der Waals surface area (Å²) in [7, 11) is 0. The minimum Gasteiger partial charge on any atom is -0.397 e. The second-order valence-corrected chi connectivity index (χ2v) is 5.05. The molecule has 6 nitrogen and oxygen atoms in total. The summed E-state index contributed by atoms with van der Waals surface area (Å²) in [6.45, 7) is 3.88. The van der Waals surface area contributed by atoms with Crippen molar-refractivity contribution in [2.45, 2.75) is 25.8 Å². The highest BCUT2D eigenvalue weighted by Crippen LogP contribution is 2.28. The highest BCUT2D eigenvalue weighted by Gasteiger charge is 2.21. The minimum absolute atomic E-state index is 0.354. The van der Waals surface area contributed by atoms with Crippen LogP contribution < -0.4 is 11.1 Å². The van der Waals surface area contributed by atoms with E-state index in [-0.39, 0.29) is 0 Å². The number of hydrogen-bond acceptors (Lipinski definition) is 6. The molecule has 3 N–H and O–H groups in total. The van der Waals surface area contributed by atoms with Crippen LogP contribution in [0.2, 0.25) is 0 Å². The Labute approximate surface area is 111 Å². The molecule has 2 aromatic rings. The van der Waals surface area contributed by atoms with E-state index in [4.69, 9.17) is 15.1 Å². The van der Waals surface area contributed by atoms with Gasteiger partial charge < -0.3 is 15.8 Å². The molecule has 1 saturated heterocycles. The number of nitrogens with zero attached hydrogens (tertiary/aromatic N) is 2. The van der Waals surface area contributed by atoms with Crippen LogP contribution in [0.15, 0.2) is 16.8 Å². The van der Waals surface area contributed by atoms with E-state index in [2.05, 4.69) is 22.6 Å². The van der Waals surface area contributed by atoms with Crippen molar-refractivity contribution >= 4 is 22.4 Å². The van der Waals surface area contributed by atoms with Gasteiger partial charge in [-0.05, 0) is 48.1 Å². The van der Waals surface area contributed by atoms with Gasteiger partial charge in [-0.3, -0.25) is 0 Å². The normalized spacial score (nSPS) is 18.6. The summed E-state index contributed by atoms with van der Waals surface area (Å²) in [4.78, 5) is 0. The number of aromatic nitrogens is 2. The fourth-order valence-corrected chi connectivity index (χ4v) is 2.58. The molecular weight excluding hydrogens is 244 g/mol. The highest BCUT2D eigenvalue weighted by atomic mass is 16.6. The topological polar surface area (TPSA) is 86.2 Å². The van der Waals surface area contributed by atoms with Crippen LogP contribution in [0.5, 0.6) is 0 Å². The van der Waals surface area contributed by atoms with Gasteiger partial charge >= 0.3 is 0 Å². The Hall–Kier alpha value is -1.82. The van der Waals surface area contributed by atoms with Crippen molar-refractivity contribution in [3.05, 3.63) is 12.1 Å². The van der Waals surface area contributed by atoms with Gasteiger partial charge in [0.2, 0.25) is 0 Å². The number of nitrogen functional groups attached to an aromatic ring is 1. The lowest BCUT2D eigenvalue weighted by Crippen LogP contribution is -2.31. The molecule has 1 aliphatic heterocycles. The highest BCUT2D eigenvalue weighted by molar-refractivity contribution is 5.95. The predicted molar refractivity (Wildman–Crippen MR) is 72.8 cm³/mol. The summed E-state index contributed by atoms with van der Waals surface area (Å²) in [6.07, 6.45) is 2.17. The third-order valence-corrected chi connectivity index (χ3v) is 3.80. The molecule has 0 saturated carbocycles. The molecule has 0 aliphatic carbocycles. The number of ether oxygens (including phenoxy) is 1. The molecule has 1 aliphatic rings. The van der Waals surface area contributed by atoms with Crippen LogP contribution in [0.4, 0.5) is 11.4 Å². The maximum Gasteiger partial charge on any atom is 0.160 e. The van der Waals surface area contributed by atoms with Crippen molar-refractivity contribution < 1.29 is 9.37 Å². The number of fused-ring (bicyclic) bond motifs is 1. The quantitative estimate of drug-likeness (QED) is 0.823. The molecule has 0 spiro atoms. The maximum absolute atomic E-state index is 5.84. The molecule has 0 bridgehead atoms. The number of benzene rings is 1. The molecule has 2 heterocycles. The molecular formula is C13H18N4O2. The molecule has 0 amide bonds. The van der Waals surface area contributed by atoms with Gasteiger partial charge in [-0.1, -0.05) is 0 Å². The third-order valence-electron chi connectivity index (χ3n) is 3.80. The first-order valence-corrected chi connectivity index (χ1v) is 6.60. The fraction of sp³-hybridized carbons (Fsp3) is 0.538. The van der Waals surface area contributed by atoms with Gasteiger partial charge in [0.15, 0.2) is 11.0 Å². The van der Waals surface area contributed by atoms with E-state index in [1.54, 1.807) is 0 Å². The average molecular weight is 262 g/mol. The van der Waals surface area contributed by atoms with Gasteiger partial charge in [-0.25, -0.2) is 4.63 Å². The van der Waals surface area contributed by atoms with Crippen LogP contribution in [-0.4, -0.2) is 29.6 Å². The first-order chi connectivity index (χ1) is 9.25. The molecule has 102 valence electrons. The average Bonchev–Trinajstić information content (AvgIpc) is 2.93. The third kappa shape index (κ3) is 2.35. The zero-order valence-electron chi connectivity index (χ0n) is 10.9. The maximum atomic E-state index is 5.84. The molecule has 1 atom stereocenters. The summed E-state index contributed by atoms with van der Waals surface area (Å²) >= 11 is 0. The van der Waals surface area contributed by atoms with E-state index in [0.717, 1.165) is 31.7 Å². The van der Waals surface area contributed by atoms with Gasteiger partial charge in [0.1, 0.15) is 0 Å². The molecule has 1 aromatic heterocycles. The standard InChI is InChI=1S/C13H18N4O2/c1-8(9-4-6-18-7-5-9)15-11-3-2-10(14)12-13(11)17-19-16-12/h2-3,8-9,15H,4-7,14H2,1H3. The van der Waals surface area contributed by atoms with Gasteiger partial charge in [0.25, 0.3) is 0 Å². The Morgan fingerprint density at radius 1 is 1.26 bits per heavy atom. The first kappa shape index (κ1) is 12.2. The monoisotopic (exact) mass is 262 g/mol. The molecule has 3 rings (SSSR count). The van der Waals surface area contributed by atoms with E-state index in [1.165, 1.54) is 0 Å². The second-order valence-electron chi connectivity index (χ2n) is 5.05. The Bertz CT molecular complexity index is 563. The van der Waals surface area contributed by atoms with Crippen LogP contribution in [0.25, 0.3) is 11.0 Å². The number of rotatable bonds is 3. The molecule has 1 fully saturated rings. The van der Waals surface area contributed by atoms with Crippen molar-refractivity contribution in [2.24, 2.45) is 5.92 Å². The second kappa shape index (κ2) is 5.05. The van der Waals surface area contributed by atoms with Crippen molar-refractivity contribution in [1.82, 2.24) is 10.3 Å². The molecule has 1 unspecified atom stereocenters. The zero-order valence-corrected chi connectivity index (χ0v) is 10.9.